The van der Waals surface area contributed by atoms with Crippen LogP contribution >= 0.6 is 15.9 Å². The van der Waals surface area contributed by atoms with Crippen molar-refractivity contribution in [1.29, 1.82) is 0 Å². The number of benzene rings is 1. The van der Waals surface area contributed by atoms with Gasteiger partial charge in [0.2, 0.25) is 0 Å². The molecule has 0 spiro atoms. The van der Waals surface area contributed by atoms with Crippen LogP contribution in [0.2, 0.25) is 0 Å². The van der Waals surface area contributed by atoms with E-state index in [-0.39, 0.29) is 12.4 Å². The minimum Gasteiger partial charge on any atom is -0.487 e. The molecule has 0 aliphatic heterocycles. The van der Waals surface area contributed by atoms with E-state index in [0.717, 1.165) is 40.5 Å². The van der Waals surface area contributed by atoms with Gasteiger partial charge in [0.1, 0.15) is 24.0 Å². The summed E-state index contributed by atoms with van der Waals surface area (Å²) in [5, 5.41) is 4.44. The maximum Gasteiger partial charge on any atom is 0.131 e. The van der Waals surface area contributed by atoms with Crippen LogP contribution in [0.1, 0.15) is 25.2 Å². The van der Waals surface area contributed by atoms with Gasteiger partial charge in [0.15, 0.2) is 0 Å². The molecule has 108 valence electrons. The summed E-state index contributed by atoms with van der Waals surface area (Å²) < 4.78 is 34.4. The molecule has 1 heterocycles. The number of hydrogen-bond donors (Lipinski definition) is 0. The van der Waals surface area contributed by atoms with Crippen LogP contribution in [0, 0.1) is 11.6 Å². The van der Waals surface area contributed by atoms with Crippen molar-refractivity contribution in [2.45, 2.75) is 33.4 Å². The zero-order valence-corrected chi connectivity index (χ0v) is 12.9. The second-order valence-electron chi connectivity index (χ2n) is 4.27. The van der Waals surface area contributed by atoms with E-state index >= 15 is 0 Å². The Balaban J connectivity index is 2.20. The average Bonchev–Trinajstić information content (AvgIpc) is 2.71. The Bertz CT molecular complexity index is 593. The first kappa shape index (κ1) is 15.0. The lowest BCUT2D eigenvalue weighted by atomic mass is 10.3. The van der Waals surface area contributed by atoms with Gasteiger partial charge in [0.25, 0.3) is 0 Å². The lowest BCUT2D eigenvalue weighted by Gasteiger charge is -2.08. The largest absolute Gasteiger partial charge is 0.487 e. The summed E-state index contributed by atoms with van der Waals surface area (Å²) in [5.41, 5.74) is 1.80. The number of aromatic nitrogens is 2. The molecule has 20 heavy (non-hydrogen) atoms. The fourth-order valence-corrected chi connectivity index (χ4v) is 2.60. The van der Waals surface area contributed by atoms with Crippen molar-refractivity contribution in [2.24, 2.45) is 0 Å². The minimum atomic E-state index is -0.655. The van der Waals surface area contributed by atoms with E-state index in [1.165, 1.54) is 0 Å². The summed E-state index contributed by atoms with van der Waals surface area (Å²) in [6.45, 7) is 4.89. The summed E-state index contributed by atoms with van der Waals surface area (Å²) in [5.74, 6) is -1.15. The van der Waals surface area contributed by atoms with Crippen molar-refractivity contribution >= 4 is 15.9 Å². The van der Waals surface area contributed by atoms with Gasteiger partial charge in [-0.2, -0.15) is 5.10 Å². The van der Waals surface area contributed by atoms with Crippen LogP contribution in [0.4, 0.5) is 8.78 Å². The highest BCUT2D eigenvalue weighted by Gasteiger charge is 2.14. The van der Waals surface area contributed by atoms with E-state index in [1.807, 2.05) is 18.5 Å². The van der Waals surface area contributed by atoms with Gasteiger partial charge in [0, 0.05) is 24.7 Å². The van der Waals surface area contributed by atoms with Crippen LogP contribution in [-0.4, -0.2) is 9.78 Å². The molecule has 0 bridgehead atoms. The topological polar surface area (TPSA) is 27.1 Å². The quantitative estimate of drug-likeness (QED) is 0.816. The van der Waals surface area contributed by atoms with Gasteiger partial charge in [0.05, 0.1) is 15.9 Å². The van der Waals surface area contributed by atoms with E-state index in [9.17, 15) is 8.78 Å². The van der Waals surface area contributed by atoms with E-state index in [2.05, 4.69) is 21.0 Å². The maximum atomic E-state index is 13.1. The average molecular weight is 345 g/mol. The molecule has 6 heteroatoms. The van der Waals surface area contributed by atoms with Crippen LogP contribution in [0.25, 0.3) is 0 Å². The molecule has 0 unspecified atom stereocenters. The maximum absolute atomic E-state index is 13.1. The van der Waals surface area contributed by atoms with Crippen molar-refractivity contribution in [1.82, 2.24) is 9.78 Å². The highest BCUT2D eigenvalue weighted by Crippen LogP contribution is 2.24. The first-order chi connectivity index (χ1) is 9.55. The zero-order chi connectivity index (χ0) is 14.7. The predicted octanol–water partition coefficient (Wildman–Crippen LogP) is 4.09. The number of nitrogens with zero attached hydrogens (tertiary/aromatic N) is 2. The fraction of sp³-hybridized carbons (Fsp3) is 0.357. The Hall–Kier alpha value is -1.43. The molecule has 0 atom stereocenters. The Kier molecular flexibility index (Phi) is 4.75. The Morgan fingerprint density at radius 2 is 1.85 bits per heavy atom. The third-order valence-corrected chi connectivity index (χ3v) is 3.82. The number of ether oxygens (including phenoxy) is 1. The fourth-order valence-electron chi connectivity index (χ4n) is 1.92. The minimum absolute atomic E-state index is 0.163. The third-order valence-electron chi connectivity index (χ3n) is 2.91. The van der Waals surface area contributed by atoms with E-state index in [1.54, 1.807) is 0 Å². The van der Waals surface area contributed by atoms with Crippen molar-refractivity contribution in [3.63, 3.8) is 0 Å². The lowest BCUT2D eigenvalue weighted by molar-refractivity contribution is 0.288. The molecule has 0 saturated carbocycles. The summed E-state index contributed by atoms with van der Waals surface area (Å²) in [4.78, 5) is 0. The summed E-state index contributed by atoms with van der Waals surface area (Å²) in [7, 11) is 0. The van der Waals surface area contributed by atoms with Gasteiger partial charge >= 0.3 is 0 Å². The van der Waals surface area contributed by atoms with Crippen LogP contribution in [0.5, 0.6) is 5.75 Å². The third kappa shape index (κ3) is 3.17. The summed E-state index contributed by atoms with van der Waals surface area (Å²) in [6.07, 6.45) is 0.801. The number of hydrogen-bond acceptors (Lipinski definition) is 2. The lowest BCUT2D eigenvalue weighted by Crippen LogP contribution is -2.06. The molecule has 2 aromatic rings. The molecule has 2 rings (SSSR count). The summed E-state index contributed by atoms with van der Waals surface area (Å²) >= 11 is 3.49. The van der Waals surface area contributed by atoms with Crippen LogP contribution in [-0.2, 0) is 19.6 Å². The molecule has 0 saturated heterocycles. The van der Waals surface area contributed by atoms with E-state index in [4.69, 9.17) is 4.74 Å². The molecule has 0 amide bonds. The Morgan fingerprint density at radius 3 is 2.40 bits per heavy atom. The SMILES string of the molecule is CCc1nn(CC)c(COc2cc(F)cc(F)c2)c1Br. The van der Waals surface area contributed by atoms with Gasteiger partial charge < -0.3 is 4.74 Å². The molecule has 1 aromatic heterocycles. The normalized spacial score (nSPS) is 10.8. The van der Waals surface area contributed by atoms with Crippen LogP contribution in [0.3, 0.4) is 0 Å². The van der Waals surface area contributed by atoms with Crippen molar-refractivity contribution in [2.75, 3.05) is 0 Å². The molecule has 0 fully saturated rings. The van der Waals surface area contributed by atoms with Crippen molar-refractivity contribution in [3.8, 4) is 5.75 Å². The molecule has 0 aliphatic rings. The molecular formula is C14H15BrF2N2O. The smallest absolute Gasteiger partial charge is 0.131 e. The monoisotopic (exact) mass is 344 g/mol. The highest BCUT2D eigenvalue weighted by atomic mass is 79.9. The second-order valence-corrected chi connectivity index (χ2v) is 5.06. The van der Waals surface area contributed by atoms with Gasteiger partial charge in [-0.15, -0.1) is 0 Å². The van der Waals surface area contributed by atoms with Gasteiger partial charge in [-0.1, -0.05) is 6.92 Å². The summed E-state index contributed by atoms with van der Waals surface area (Å²) in [6, 6.07) is 3.13. The Morgan fingerprint density at radius 1 is 1.20 bits per heavy atom. The van der Waals surface area contributed by atoms with Gasteiger partial charge in [-0.3, -0.25) is 4.68 Å². The molecular weight excluding hydrogens is 330 g/mol. The predicted molar refractivity (Wildman–Crippen MR) is 75.7 cm³/mol. The molecule has 1 aromatic carbocycles. The zero-order valence-electron chi connectivity index (χ0n) is 11.3. The van der Waals surface area contributed by atoms with Gasteiger partial charge in [-0.25, -0.2) is 8.78 Å². The first-order valence-electron chi connectivity index (χ1n) is 6.38. The highest BCUT2D eigenvalue weighted by molar-refractivity contribution is 9.10. The molecule has 0 aliphatic carbocycles. The number of rotatable bonds is 5. The first-order valence-corrected chi connectivity index (χ1v) is 7.17. The van der Waals surface area contributed by atoms with Gasteiger partial charge in [-0.05, 0) is 29.3 Å². The standard InChI is InChI=1S/C14H15BrF2N2O/c1-3-12-14(15)13(19(4-2)18-12)8-20-11-6-9(16)5-10(17)7-11/h5-7H,3-4,8H2,1-2H3. The van der Waals surface area contributed by atoms with Crippen LogP contribution in [0.15, 0.2) is 22.7 Å². The second kappa shape index (κ2) is 6.35. The number of aryl methyl sites for hydroxylation is 2. The van der Waals surface area contributed by atoms with Crippen molar-refractivity contribution < 1.29 is 13.5 Å². The molecule has 0 radical (unpaired) electrons. The Labute approximate surface area is 124 Å². The van der Waals surface area contributed by atoms with E-state index in [0.29, 0.717) is 6.54 Å². The molecule has 0 N–H and O–H groups in total. The van der Waals surface area contributed by atoms with Crippen LogP contribution < -0.4 is 4.74 Å². The van der Waals surface area contributed by atoms with Crippen molar-refractivity contribution in [3.05, 3.63) is 45.7 Å². The number of halogens is 3. The molecule has 3 nitrogen and oxygen atoms in total. The van der Waals surface area contributed by atoms with E-state index < -0.39 is 11.6 Å².